The molecule has 3 aliphatic heterocycles. The van der Waals surface area contributed by atoms with E-state index in [-0.39, 0.29) is 11.8 Å². The molecular formula is C20H31N5O2. The lowest BCUT2D eigenvalue weighted by Crippen LogP contribution is -2.52. The summed E-state index contributed by atoms with van der Waals surface area (Å²) < 4.78 is 1.69. The molecule has 3 saturated heterocycles. The largest absolute Gasteiger partial charge is 0.342 e. The maximum absolute atomic E-state index is 12.8. The lowest BCUT2D eigenvalue weighted by Gasteiger charge is -2.42. The van der Waals surface area contributed by atoms with Crippen LogP contribution in [0.25, 0.3) is 0 Å². The van der Waals surface area contributed by atoms with Gasteiger partial charge in [-0.15, -0.1) is 0 Å². The molecule has 0 unspecified atom stereocenters. The van der Waals surface area contributed by atoms with Crippen molar-refractivity contribution < 1.29 is 9.59 Å². The van der Waals surface area contributed by atoms with Crippen molar-refractivity contribution >= 4 is 11.8 Å². The second kappa shape index (κ2) is 8.42. The van der Waals surface area contributed by atoms with Crippen LogP contribution in [-0.2, 0) is 16.1 Å². The maximum atomic E-state index is 12.8. The van der Waals surface area contributed by atoms with Crippen LogP contribution < -0.4 is 0 Å². The van der Waals surface area contributed by atoms with Gasteiger partial charge in [0.1, 0.15) is 6.54 Å². The average Bonchev–Trinajstić information content (AvgIpc) is 3.42. The first-order valence-corrected chi connectivity index (χ1v) is 10.5. The molecule has 0 bridgehead atoms. The van der Waals surface area contributed by atoms with E-state index in [0.29, 0.717) is 18.5 Å². The zero-order valence-corrected chi connectivity index (χ0v) is 16.1. The second-order valence-corrected chi connectivity index (χ2v) is 8.18. The van der Waals surface area contributed by atoms with Crippen LogP contribution in [0.2, 0.25) is 0 Å². The quantitative estimate of drug-likeness (QED) is 0.796. The number of aromatic nitrogens is 2. The summed E-state index contributed by atoms with van der Waals surface area (Å²) in [6, 6.07) is 2.35. The minimum absolute atomic E-state index is 0.151. The number of hydrogen-bond donors (Lipinski definition) is 0. The van der Waals surface area contributed by atoms with Gasteiger partial charge in [-0.3, -0.25) is 19.2 Å². The standard InChI is InChI=1S/C20H31N5O2/c26-19(16-25-12-4-8-21-25)22-13-6-18(7-14-22)24-11-3-5-17(15-24)20(27)23-9-1-2-10-23/h4,8,12,17-18H,1-3,5-7,9-11,13-16H2/t17-/m0/s1. The molecule has 4 rings (SSSR count). The second-order valence-electron chi connectivity index (χ2n) is 8.18. The average molecular weight is 374 g/mol. The fraction of sp³-hybridized carbons (Fsp3) is 0.750. The van der Waals surface area contributed by atoms with Gasteiger partial charge in [0.05, 0.1) is 5.92 Å². The van der Waals surface area contributed by atoms with Crippen molar-refractivity contribution in [1.29, 1.82) is 0 Å². The molecule has 1 aromatic heterocycles. The van der Waals surface area contributed by atoms with E-state index >= 15 is 0 Å². The van der Waals surface area contributed by atoms with Crippen LogP contribution in [0.1, 0.15) is 38.5 Å². The van der Waals surface area contributed by atoms with Crippen LogP contribution in [0, 0.1) is 5.92 Å². The Kier molecular flexibility index (Phi) is 5.76. The van der Waals surface area contributed by atoms with Crippen LogP contribution in [-0.4, -0.2) is 81.6 Å². The summed E-state index contributed by atoms with van der Waals surface area (Å²) >= 11 is 0. The summed E-state index contributed by atoms with van der Waals surface area (Å²) in [6.07, 6.45) is 10.0. The fourth-order valence-electron chi connectivity index (χ4n) is 4.85. The molecular weight excluding hydrogens is 342 g/mol. The van der Waals surface area contributed by atoms with Gasteiger partial charge in [-0.25, -0.2) is 0 Å². The zero-order valence-electron chi connectivity index (χ0n) is 16.1. The monoisotopic (exact) mass is 373 g/mol. The number of nitrogens with zero attached hydrogens (tertiary/aromatic N) is 5. The molecule has 1 atom stereocenters. The molecule has 27 heavy (non-hydrogen) atoms. The van der Waals surface area contributed by atoms with Gasteiger partial charge in [-0.1, -0.05) is 0 Å². The summed E-state index contributed by atoms with van der Waals surface area (Å²) in [6.45, 7) is 5.85. The normalized spacial score (nSPS) is 25.1. The van der Waals surface area contributed by atoms with E-state index in [1.807, 2.05) is 17.2 Å². The van der Waals surface area contributed by atoms with E-state index in [1.54, 1.807) is 10.9 Å². The van der Waals surface area contributed by atoms with E-state index in [1.165, 1.54) is 0 Å². The third-order valence-electron chi connectivity index (χ3n) is 6.41. The van der Waals surface area contributed by atoms with Gasteiger partial charge in [0.15, 0.2) is 0 Å². The Morgan fingerprint density at radius 3 is 2.41 bits per heavy atom. The molecule has 3 aliphatic rings. The van der Waals surface area contributed by atoms with E-state index in [0.717, 1.165) is 77.8 Å². The number of likely N-dealkylation sites (tertiary alicyclic amines) is 3. The van der Waals surface area contributed by atoms with E-state index < -0.39 is 0 Å². The van der Waals surface area contributed by atoms with Crippen molar-refractivity contribution in [3.8, 4) is 0 Å². The van der Waals surface area contributed by atoms with Gasteiger partial charge >= 0.3 is 0 Å². The van der Waals surface area contributed by atoms with Crippen LogP contribution in [0.4, 0.5) is 0 Å². The first kappa shape index (κ1) is 18.5. The Bertz CT molecular complexity index is 633. The maximum Gasteiger partial charge on any atom is 0.244 e. The molecule has 0 radical (unpaired) electrons. The molecule has 0 saturated carbocycles. The molecule has 4 heterocycles. The lowest BCUT2D eigenvalue weighted by molar-refractivity contribution is -0.136. The Balaban J connectivity index is 1.26. The number of carbonyl (C=O) groups excluding carboxylic acids is 2. The number of rotatable bonds is 4. The van der Waals surface area contributed by atoms with Gasteiger partial charge in [0.2, 0.25) is 11.8 Å². The van der Waals surface area contributed by atoms with Gasteiger partial charge in [-0.05, 0) is 51.1 Å². The summed E-state index contributed by atoms with van der Waals surface area (Å²) in [5, 5.41) is 4.12. The molecule has 3 fully saturated rings. The summed E-state index contributed by atoms with van der Waals surface area (Å²) in [5.74, 6) is 0.707. The van der Waals surface area contributed by atoms with Gasteiger partial charge < -0.3 is 9.80 Å². The molecule has 148 valence electrons. The molecule has 0 spiro atoms. The Hall–Kier alpha value is -1.89. The van der Waals surface area contributed by atoms with Crippen LogP contribution >= 0.6 is 0 Å². The van der Waals surface area contributed by atoms with Crippen molar-refractivity contribution in [2.24, 2.45) is 5.92 Å². The van der Waals surface area contributed by atoms with Gasteiger partial charge in [0, 0.05) is 51.2 Å². The van der Waals surface area contributed by atoms with E-state index in [4.69, 9.17) is 0 Å². The van der Waals surface area contributed by atoms with Gasteiger partial charge in [-0.2, -0.15) is 5.10 Å². The van der Waals surface area contributed by atoms with Crippen molar-refractivity contribution in [2.45, 2.75) is 51.1 Å². The van der Waals surface area contributed by atoms with E-state index in [2.05, 4.69) is 14.9 Å². The number of hydrogen-bond acceptors (Lipinski definition) is 4. The van der Waals surface area contributed by atoms with Crippen molar-refractivity contribution in [3.63, 3.8) is 0 Å². The minimum atomic E-state index is 0.151. The van der Waals surface area contributed by atoms with Crippen LogP contribution in [0.5, 0.6) is 0 Å². The Morgan fingerprint density at radius 1 is 0.926 bits per heavy atom. The van der Waals surface area contributed by atoms with Crippen molar-refractivity contribution in [2.75, 3.05) is 39.3 Å². The highest BCUT2D eigenvalue weighted by molar-refractivity contribution is 5.79. The first-order valence-electron chi connectivity index (χ1n) is 10.5. The molecule has 0 aliphatic carbocycles. The summed E-state index contributed by atoms with van der Waals surface area (Å²) in [7, 11) is 0. The van der Waals surface area contributed by atoms with Crippen molar-refractivity contribution in [3.05, 3.63) is 18.5 Å². The number of amides is 2. The molecule has 7 heteroatoms. The van der Waals surface area contributed by atoms with Gasteiger partial charge in [0.25, 0.3) is 0 Å². The predicted octanol–water partition coefficient (Wildman–Crippen LogP) is 1.21. The lowest BCUT2D eigenvalue weighted by atomic mass is 9.93. The van der Waals surface area contributed by atoms with Crippen LogP contribution in [0.15, 0.2) is 18.5 Å². The van der Waals surface area contributed by atoms with Crippen molar-refractivity contribution in [1.82, 2.24) is 24.5 Å². The third-order valence-corrected chi connectivity index (χ3v) is 6.41. The Labute approximate surface area is 161 Å². The van der Waals surface area contributed by atoms with E-state index in [9.17, 15) is 9.59 Å². The topological polar surface area (TPSA) is 61.7 Å². The van der Waals surface area contributed by atoms with Crippen LogP contribution in [0.3, 0.4) is 0 Å². The minimum Gasteiger partial charge on any atom is -0.342 e. The Morgan fingerprint density at radius 2 is 1.70 bits per heavy atom. The SMILES string of the molecule is O=C(Cn1cccn1)N1CCC(N2CCC[C@H](C(=O)N3CCCC3)C2)CC1. The zero-order chi connectivity index (χ0) is 18.6. The summed E-state index contributed by atoms with van der Waals surface area (Å²) in [4.78, 5) is 31.8. The predicted molar refractivity (Wildman–Crippen MR) is 102 cm³/mol. The highest BCUT2D eigenvalue weighted by Crippen LogP contribution is 2.26. The smallest absolute Gasteiger partial charge is 0.244 e. The molecule has 1 aromatic rings. The number of carbonyl (C=O) groups is 2. The first-order chi connectivity index (χ1) is 13.2. The molecule has 7 nitrogen and oxygen atoms in total. The highest BCUT2D eigenvalue weighted by atomic mass is 16.2. The molecule has 2 amide bonds. The molecule has 0 aromatic carbocycles. The molecule has 0 N–H and O–H groups in total. The summed E-state index contributed by atoms with van der Waals surface area (Å²) in [5.41, 5.74) is 0. The highest BCUT2D eigenvalue weighted by Gasteiger charge is 2.34. The number of piperidine rings is 2. The third kappa shape index (κ3) is 4.34. The fourth-order valence-corrected chi connectivity index (χ4v) is 4.85.